The molecule has 2 N–H and O–H groups in total. The first-order valence-corrected chi connectivity index (χ1v) is 8.27. The average Bonchev–Trinajstić information content (AvgIpc) is 2.98. The predicted molar refractivity (Wildman–Crippen MR) is 93.3 cm³/mol. The summed E-state index contributed by atoms with van der Waals surface area (Å²) in [6.45, 7) is 6.56. The van der Waals surface area contributed by atoms with Crippen LogP contribution >= 0.6 is 0 Å². The molecular formula is C18H26N2O4. The highest BCUT2D eigenvalue weighted by Gasteiger charge is 2.18. The van der Waals surface area contributed by atoms with Crippen molar-refractivity contribution in [1.82, 2.24) is 10.2 Å². The Morgan fingerprint density at radius 3 is 2.83 bits per heavy atom. The van der Waals surface area contributed by atoms with Crippen molar-refractivity contribution < 1.29 is 19.1 Å². The number of ether oxygens (including phenoxy) is 1. The van der Waals surface area contributed by atoms with Gasteiger partial charge in [-0.3, -0.25) is 0 Å². The number of urea groups is 1. The van der Waals surface area contributed by atoms with Crippen LogP contribution in [0.15, 0.2) is 28.7 Å². The highest BCUT2D eigenvalue weighted by atomic mass is 16.5. The summed E-state index contributed by atoms with van der Waals surface area (Å²) >= 11 is 0. The summed E-state index contributed by atoms with van der Waals surface area (Å²) in [5, 5.41) is 13.2. The lowest BCUT2D eigenvalue weighted by Crippen LogP contribution is -2.39. The zero-order chi connectivity index (χ0) is 17.7. The normalized spacial score (nSPS) is 13.5. The second-order valence-electron chi connectivity index (χ2n) is 5.99. The standard InChI is InChI=1S/C18H26N2O4/c1-5-23-15-8-6-7-14-11-16(24-17(14)15)13(3)19-18(22)20(4)10-9-12(2)21/h6-8,11-13,21H,5,9-10H2,1-4H3,(H,19,22). The number of amides is 2. The Balaban J connectivity index is 2.06. The number of rotatable bonds is 7. The van der Waals surface area contributed by atoms with Crippen LogP contribution in [0.4, 0.5) is 4.79 Å². The van der Waals surface area contributed by atoms with Gasteiger partial charge in [-0.25, -0.2) is 4.79 Å². The molecule has 2 amide bonds. The minimum Gasteiger partial charge on any atom is -0.490 e. The molecule has 0 saturated heterocycles. The largest absolute Gasteiger partial charge is 0.490 e. The lowest BCUT2D eigenvalue weighted by molar-refractivity contribution is 0.162. The summed E-state index contributed by atoms with van der Waals surface area (Å²) in [6, 6.07) is 7.18. The Hall–Kier alpha value is -2.21. The van der Waals surface area contributed by atoms with Gasteiger partial charge < -0.3 is 24.5 Å². The molecule has 0 bridgehead atoms. The minimum atomic E-state index is -0.426. The second kappa shape index (κ2) is 8.06. The Morgan fingerprint density at radius 2 is 2.17 bits per heavy atom. The summed E-state index contributed by atoms with van der Waals surface area (Å²) < 4.78 is 11.5. The maximum absolute atomic E-state index is 12.2. The SMILES string of the molecule is CCOc1cccc2cc(C(C)NC(=O)N(C)CCC(C)O)oc12. The van der Waals surface area contributed by atoms with Crippen molar-refractivity contribution in [3.05, 3.63) is 30.0 Å². The van der Waals surface area contributed by atoms with E-state index in [1.807, 2.05) is 38.1 Å². The number of para-hydroxylation sites is 1. The van der Waals surface area contributed by atoms with E-state index < -0.39 is 6.10 Å². The lowest BCUT2D eigenvalue weighted by atomic mass is 10.2. The highest BCUT2D eigenvalue weighted by molar-refractivity contribution is 5.84. The first-order chi connectivity index (χ1) is 11.4. The molecule has 2 unspecified atom stereocenters. The van der Waals surface area contributed by atoms with Crippen LogP contribution in [0.2, 0.25) is 0 Å². The summed E-state index contributed by atoms with van der Waals surface area (Å²) in [5.74, 6) is 1.38. The fourth-order valence-corrected chi connectivity index (χ4v) is 2.39. The molecule has 2 rings (SSSR count). The first-order valence-electron chi connectivity index (χ1n) is 8.27. The van der Waals surface area contributed by atoms with Gasteiger partial charge in [0.05, 0.1) is 18.8 Å². The lowest BCUT2D eigenvalue weighted by Gasteiger charge is -2.21. The van der Waals surface area contributed by atoms with E-state index in [1.165, 1.54) is 0 Å². The van der Waals surface area contributed by atoms with Crippen LogP contribution in [0.25, 0.3) is 11.0 Å². The van der Waals surface area contributed by atoms with E-state index in [-0.39, 0.29) is 12.1 Å². The summed E-state index contributed by atoms with van der Waals surface area (Å²) in [5.41, 5.74) is 0.693. The van der Waals surface area contributed by atoms with E-state index in [4.69, 9.17) is 9.15 Å². The number of aliphatic hydroxyl groups is 1. The van der Waals surface area contributed by atoms with Gasteiger partial charge in [0.1, 0.15) is 5.76 Å². The fraction of sp³-hybridized carbons (Fsp3) is 0.500. The van der Waals surface area contributed by atoms with E-state index in [0.29, 0.717) is 36.7 Å². The van der Waals surface area contributed by atoms with Gasteiger partial charge in [-0.1, -0.05) is 12.1 Å². The second-order valence-corrected chi connectivity index (χ2v) is 5.99. The van der Waals surface area contributed by atoms with Gasteiger partial charge in [-0.05, 0) is 39.3 Å². The van der Waals surface area contributed by atoms with Crippen LogP contribution in [-0.2, 0) is 0 Å². The van der Waals surface area contributed by atoms with Crippen molar-refractivity contribution in [3.8, 4) is 5.75 Å². The van der Waals surface area contributed by atoms with Crippen LogP contribution in [-0.4, -0.2) is 42.3 Å². The maximum Gasteiger partial charge on any atom is 0.317 e. The predicted octanol–water partition coefficient (Wildman–Crippen LogP) is 3.30. The van der Waals surface area contributed by atoms with Gasteiger partial charge in [0.15, 0.2) is 11.3 Å². The van der Waals surface area contributed by atoms with Crippen molar-refractivity contribution in [2.45, 2.75) is 39.3 Å². The van der Waals surface area contributed by atoms with Gasteiger partial charge in [-0.2, -0.15) is 0 Å². The number of carbonyl (C=O) groups excluding carboxylic acids is 1. The number of aliphatic hydroxyl groups excluding tert-OH is 1. The number of nitrogens with one attached hydrogen (secondary N) is 1. The molecule has 6 heteroatoms. The Kier molecular flexibility index (Phi) is 6.09. The number of nitrogens with zero attached hydrogens (tertiary/aromatic N) is 1. The number of hydrogen-bond donors (Lipinski definition) is 2. The smallest absolute Gasteiger partial charge is 0.317 e. The number of carbonyl (C=O) groups is 1. The molecule has 24 heavy (non-hydrogen) atoms. The number of fused-ring (bicyclic) bond motifs is 1. The molecule has 0 saturated carbocycles. The third-order valence-corrected chi connectivity index (χ3v) is 3.82. The summed E-state index contributed by atoms with van der Waals surface area (Å²) in [7, 11) is 1.70. The highest BCUT2D eigenvalue weighted by Crippen LogP contribution is 2.31. The van der Waals surface area contributed by atoms with Gasteiger partial charge in [0.2, 0.25) is 0 Å². The van der Waals surface area contributed by atoms with E-state index in [1.54, 1.807) is 18.9 Å². The van der Waals surface area contributed by atoms with E-state index in [9.17, 15) is 9.90 Å². The molecule has 2 aromatic rings. The fourth-order valence-electron chi connectivity index (χ4n) is 2.39. The molecule has 132 valence electrons. The molecule has 0 radical (unpaired) electrons. The van der Waals surface area contributed by atoms with E-state index in [2.05, 4.69) is 5.32 Å². The third-order valence-electron chi connectivity index (χ3n) is 3.82. The minimum absolute atomic E-state index is 0.200. The quantitative estimate of drug-likeness (QED) is 0.814. The van der Waals surface area contributed by atoms with E-state index >= 15 is 0 Å². The van der Waals surface area contributed by atoms with Crippen LogP contribution in [0.1, 0.15) is 39.0 Å². The van der Waals surface area contributed by atoms with Crippen molar-refractivity contribution in [2.75, 3.05) is 20.2 Å². The maximum atomic E-state index is 12.2. The number of benzene rings is 1. The van der Waals surface area contributed by atoms with Crippen LogP contribution in [0.5, 0.6) is 5.75 Å². The third kappa shape index (κ3) is 4.41. The van der Waals surface area contributed by atoms with Crippen molar-refractivity contribution in [3.63, 3.8) is 0 Å². The Bertz CT molecular complexity index is 681. The van der Waals surface area contributed by atoms with E-state index in [0.717, 1.165) is 5.39 Å². The van der Waals surface area contributed by atoms with Crippen molar-refractivity contribution in [1.29, 1.82) is 0 Å². The molecule has 0 aliphatic carbocycles. The molecule has 0 fully saturated rings. The molecule has 2 atom stereocenters. The summed E-state index contributed by atoms with van der Waals surface area (Å²) in [6.07, 6.45) is 0.116. The molecule has 1 aromatic heterocycles. The molecule has 0 spiro atoms. The monoisotopic (exact) mass is 334 g/mol. The zero-order valence-corrected chi connectivity index (χ0v) is 14.7. The van der Waals surface area contributed by atoms with Gasteiger partial charge >= 0.3 is 6.03 Å². The zero-order valence-electron chi connectivity index (χ0n) is 14.7. The molecule has 6 nitrogen and oxygen atoms in total. The van der Waals surface area contributed by atoms with Crippen LogP contribution < -0.4 is 10.1 Å². The van der Waals surface area contributed by atoms with Gasteiger partial charge in [0, 0.05) is 19.0 Å². The molecule has 1 aromatic carbocycles. The molecular weight excluding hydrogens is 308 g/mol. The van der Waals surface area contributed by atoms with Gasteiger partial charge in [0.25, 0.3) is 0 Å². The average molecular weight is 334 g/mol. The Morgan fingerprint density at radius 1 is 1.42 bits per heavy atom. The molecule has 0 aliphatic heterocycles. The van der Waals surface area contributed by atoms with Crippen molar-refractivity contribution in [2.24, 2.45) is 0 Å². The van der Waals surface area contributed by atoms with Gasteiger partial charge in [-0.15, -0.1) is 0 Å². The number of hydrogen-bond acceptors (Lipinski definition) is 4. The molecule has 0 aliphatic rings. The van der Waals surface area contributed by atoms with Crippen LogP contribution in [0, 0.1) is 0 Å². The summed E-state index contributed by atoms with van der Waals surface area (Å²) in [4.78, 5) is 13.7. The Labute approximate surface area is 142 Å². The van der Waals surface area contributed by atoms with Crippen LogP contribution in [0.3, 0.4) is 0 Å². The topological polar surface area (TPSA) is 74.9 Å². The van der Waals surface area contributed by atoms with Crippen molar-refractivity contribution >= 4 is 17.0 Å². The first kappa shape index (κ1) is 18.1. The number of furan rings is 1. The molecule has 1 heterocycles.